The van der Waals surface area contributed by atoms with Crippen LogP contribution in [0.4, 0.5) is 5.69 Å². The van der Waals surface area contributed by atoms with Crippen molar-refractivity contribution in [2.45, 2.75) is 52.1 Å². The highest BCUT2D eigenvalue weighted by Gasteiger charge is 2.26. The summed E-state index contributed by atoms with van der Waals surface area (Å²) in [7, 11) is 0. The van der Waals surface area contributed by atoms with E-state index in [4.69, 9.17) is 0 Å². The van der Waals surface area contributed by atoms with Crippen LogP contribution in [0.2, 0.25) is 0 Å². The van der Waals surface area contributed by atoms with Gasteiger partial charge < -0.3 is 0 Å². The summed E-state index contributed by atoms with van der Waals surface area (Å²) in [5.41, 5.74) is 3.74. The summed E-state index contributed by atoms with van der Waals surface area (Å²) in [4.78, 5) is 22.8. The molecule has 1 aromatic rings. The summed E-state index contributed by atoms with van der Waals surface area (Å²) < 4.78 is 0. The Morgan fingerprint density at radius 3 is 2.52 bits per heavy atom. The van der Waals surface area contributed by atoms with Gasteiger partial charge in [-0.1, -0.05) is 12.5 Å². The zero-order valence-electron chi connectivity index (χ0n) is 12.6. The Morgan fingerprint density at radius 2 is 1.95 bits per heavy atom. The maximum Gasteiger partial charge on any atom is 0.273 e. The van der Waals surface area contributed by atoms with Gasteiger partial charge in [0.05, 0.1) is 4.92 Å². The van der Waals surface area contributed by atoms with Crippen LogP contribution >= 0.6 is 0 Å². The van der Waals surface area contributed by atoms with Gasteiger partial charge in [-0.15, -0.1) is 0 Å². The molecule has 2 rings (SSSR count). The van der Waals surface area contributed by atoms with Crippen molar-refractivity contribution in [2.75, 3.05) is 0 Å². The Morgan fingerprint density at radius 1 is 1.33 bits per heavy atom. The van der Waals surface area contributed by atoms with E-state index in [1.807, 2.05) is 5.01 Å². The van der Waals surface area contributed by atoms with Crippen molar-refractivity contribution in [2.24, 2.45) is 0 Å². The molecule has 0 spiro atoms. The van der Waals surface area contributed by atoms with E-state index in [1.54, 1.807) is 19.1 Å². The van der Waals surface area contributed by atoms with E-state index in [9.17, 15) is 14.9 Å². The lowest BCUT2D eigenvalue weighted by Crippen LogP contribution is -2.54. The van der Waals surface area contributed by atoms with Gasteiger partial charge in [0.15, 0.2) is 0 Å². The van der Waals surface area contributed by atoms with Crippen molar-refractivity contribution in [3.05, 3.63) is 39.4 Å². The van der Waals surface area contributed by atoms with Crippen LogP contribution in [0.25, 0.3) is 0 Å². The molecule has 1 aliphatic heterocycles. The maximum atomic E-state index is 12.3. The Hall–Kier alpha value is -1.95. The largest absolute Gasteiger partial charge is 0.284 e. The Balaban J connectivity index is 2.16. The molecule has 6 nitrogen and oxygen atoms in total. The Labute approximate surface area is 124 Å². The van der Waals surface area contributed by atoms with Gasteiger partial charge in [0.25, 0.3) is 11.6 Å². The minimum Gasteiger partial charge on any atom is -0.284 e. The van der Waals surface area contributed by atoms with E-state index in [1.165, 1.54) is 6.07 Å². The van der Waals surface area contributed by atoms with Gasteiger partial charge in [-0.05, 0) is 39.7 Å². The highest BCUT2D eigenvalue weighted by molar-refractivity contribution is 5.94. The number of hydrogen-bond donors (Lipinski definition) is 1. The van der Waals surface area contributed by atoms with E-state index in [0.717, 1.165) is 19.3 Å². The molecule has 2 atom stereocenters. The molecule has 0 aliphatic carbocycles. The van der Waals surface area contributed by atoms with Gasteiger partial charge in [-0.25, -0.2) is 5.01 Å². The standard InChI is InChI=1S/C15H21N3O3/c1-10-7-8-13(9-14(10)18(20)21)15(19)16-17-11(2)5-4-6-12(17)3/h7-9,11-12H,4-6H2,1-3H3,(H,16,19)/t11-,12-/m0/s1. The molecule has 1 amide bonds. The number of nitrogens with one attached hydrogen (secondary N) is 1. The molecular formula is C15H21N3O3. The number of nitro groups is 1. The van der Waals surface area contributed by atoms with Gasteiger partial charge in [0.1, 0.15) is 0 Å². The number of carbonyl (C=O) groups is 1. The summed E-state index contributed by atoms with van der Waals surface area (Å²) >= 11 is 0. The van der Waals surface area contributed by atoms with Crippen molar-refractivity contribution in [3.8, 4) is 0 Å². The number of nitro benzene ring substituents is 1. The fourth-order valence-electron chi connectivity index (χ4n) is 2.77. The zero-order valence-corrected chi connectivity index (χ0v) is 12.6. The molecule has 0 bridgehead atoms. The highest BCUT2D eigenvalue weighted by Crippen LogP contribution is 2.22. The van der Waals surface area contributed by atoms with E-state index in [2.05, 4.69) is 19.3 Å². The number of nitrogens with zero attached hydrogens (tertiary/aromatic N) is 2. The minimum atomic E-state index is -0.460. The minimum absolute atomic E-state index is 0.0256. The fourth-order valence-corrected chi connectivity index (χ4v) is 2.77. The third kappa shape index (κ3) is 3.39. The molecule has 114 valence electrons. The number of piperidine rings is 1. The summed E-state index contributed by atoms with van der Waals surface area (Å²) in [6, 6.07) is 5.12. The molecule has 6 heteroatoms. The van der Waals surface area contributed by atoms with Gasteiger partial charge in [0, 0.05) is 29.3 Å². The first-order valence-corrected chi connectivity index (χ1v) is 7.24. The molecule has 1 N–H and O–H groups in total. The molecule has 0 aromatic heterocycles. The number of amides is 1. The van der Waals surface area contributed by atoms with E-state index in [0.29, 0.717) is 11.1 Å². The number of benzene rings is 1. The molecule has 0 unspecified atom stereocenters. The Kier molecular flexibility index (Phi) is 4.57. The summed E-state index contributed by atoms with van der Waals surface area (Å²) in [5.74, 6) is -0.293. The van der Waals surface area contributed by atoms with Gasteiger partial charge in [0.2, 0.25) is 0 Å². The first-order chi connectivity index (χ1) is 9.90. The highest BCUT2D eigenvalue weighted by atomic mass is 16.6. The summed E-state index contributed by atoms with van der Waals surface area (Å²) in [6.07, 6.45) is 3.24. The van der Waals surface area contributed by atoms with Gasteiger partial charge in [-0.3, -0.25) is 20.3 Å². The maximum absolute atomic E-state index is 12.3. The van der Waals surface area contributed by atoms with Crippen molar-refractivity contribution in [1.82, 2.24) is 10.4 Å². The molecule has 1 heterocycles. The third-order valence-corrected chi connectivity index (χ3v) is 4.09. The third-order valence-electron chi connectivity index (χ3n) is 4.09. The molecule has 1 fully saturated rings. The quantitative estimate of drug-likeness (QED) is 0.686. The number of aryl methyl sites for hydroxylation is 1. The van der Waals surface area contributed by atoms with Crippen LogP contribution in [-0.2, 0) is 0 Å². The average Bonchev–Trinajstić information content (AvgIpc) is 2.43. The molecule has 0 saturated carbocycles. The van der Waals surface area contributed by atoms with Gasteiger partial charge >= 0.3 is 0 Å². The van der Waals surface area contributed by atoms with Crippen LogP contribution in [0.1, 0.15) is 49.0 Å². The van der Waals surface area contributed by atoms with E-state index in [-0.39, 0.29) is 23.7 Å². The van der Waals surface area contributed by atoms with Crippen LogP contribution in [-0.4, -0.2) is 27.9 Å². The molecule has 0 radical (unpaired) electrons. The normalized spacial score (nSPS) is 22.8. The predicted octanol–water partition coefficient (Wildman–Crippen LogP) is 2.81. The second-order valence-corrected chi connectivity index (χ2v) is 5.74. The van der Waals surface area contributed by atoms with Crippen molar-refractivity contribution >= 4 is 11.6 Å². The van der Waals surface area contributed by atoms with Crippen LogP contribution in [0.3, 0.4) is 0 Å². The number of carbonyl (C=O) groups excluding carboxylic acids is 1. The molecule has 1 aromatic carbocycles. The lowest BCUT2D eigenvalue weighted by atomic mass is 10.00. The summed E-state index contributed by atoms with van der Waals surface area (Å²) in [6.45, 7) is 5.82. The first kappa shape index (κ1) is 15.4. The molecule has 1 saturated heterocycles. The van der Waals surface area contributed by atoms with Crippen molar-refractivity contribution in [3.63, 3.8) is 0 Å². The van der Waals surface area contributed by atoms with Gasteiger partial charge in [-0.2, -0.15) is 0 Å². The van der Waals surface area contributed by atoms with Crippen LogP contribution in [0, 0.1) is 17.0 Å². The molecule has 1 aliphatic rings. The van der Waals surface area contributed by atoms with Crippen LogP contribution in [0.5, 0.6) is 0 Å². The number of hydrazine groups is 1. The second-order valence-electron chi connectivity index (χ2n) is 5.74. The molecular weight excluding hydrogens is 270 g/mol. The van der Waals surface area contributed by atoms with Crippen LogP contribution in [0.15, 0.2) is 18.2 Å². The monoisotopic (exact) mass is 291 g/mol. The van der Waals surface area contributed by atoms with Crippen LogP contribution < -0.4 is 5.43 Å². The lowest BCUT2D eigenvalue weighted by Gasteiger charge is -2.38. The Bertz CT molecular complexity index is 549. The predicted molar refractivity (Wildman–Crippen MR) is 79.9 cm³/mol. The first-order valence-electron chi connectivity index (χ1n) is 7.24. The van der Waals surface area contributed by atoms with Crippen molar-refractivity contribution < 1.29 is 9.72 Å². The second kappa shape index (κ2) is 6.22. The van der Waals surface area contributed by atoms with E-state index >= 15 is 0 Å². The zero-order chi connectivity index (χ0) is 15.6. The summed E-state index contributed by atoms with van der Waals surface area (Å²) in [5, 5.41) is 12.9. The lowest BCUT2D eigenvalue weighted by molar-refractivity contribution is -0.385. The fraction of sp³-hybridized carbons (Fsp3) is 0.533. The smallest absolute Gasteiger partial charge is 0.273 e. The average molecular weight is 291 g/mol. The van der Waals surface area contributed by atoms with E-state index < -0.39 is 4.92 Å². The van der Waals surface area contributed by atoms with Crippen molar-refractivity contribution in [1.29, 1.82) is 0 Å². The molecule has 21 heavy (non-hydrogen) atoms. The number of rotatable bonds is 3. The number of hydrogen-bond acceptors (Lipinski definition) is 4. The topological polar surface area (TPSA) is 75.5 Å². The SMILES string of the molecule is Cc1ccc(C(=O)NN2[C@@H](C)CCC[C@@H]2C)cc1[N+](=O)[O-].